The van der Waals surface area contributed by atoms with Crippen LogP contribution in [0.4, 0.5) is 5.13 Å². The number of para-hydroxylation sites is 1. The third-order valence-electron chi connectivity index (χ3n) is 3.03. The molecule has 1 heterocycles. The molecule has 2 aromatic carbocycles. The fourth-order valence-electron chi connectivity index (χ4n) is 1.95. The van der Waals surface area contributed by atoms with Gasteiger partial charge in [0.25, 0.3) is 0 Å². The smallest absolute Gasteiger partial charge is 0.204 e. The van der Waals surface area contributed by atoms with Gasteiger partial charge in [0.05, 0.1) is 21.0 Å². The minimum absolute atomic E-state index is 0.0431. The van der Waals surface area contributed by atoms with Crippen molar-refractivity contribution in [1.82, 2.24) is 4.98 Å². The van der Waals surface area contributed by atoms with Crippen LogP contribution >= 0.6 is 34.5 Å². The van der Waals surface area contributed by atoms with Crippen molar-refractivity contribution in [2.75, 3.05) is 5.43 Å². The van der Waals surface area contributed by atoms with Gasteiger partial charge in [-0.15, -0.1) is 0 Å². The molecule has 0 atom stereocenters. The molecule has 0 spiro atoms. The summed E-state index contributed by atoms with van der Waals surface area (Å²) in [5.41, 5.74) is 4.84. The number of benzene rings is 2. The Morgan fingerprint density at radius 1 is 1.27 bits per heavy atom. The standard InChI is InChI=1S/C15H11Cl2N3OS/c1-8(10-6-9(16)7-11(17)14(10)21)19-20-15-18-12-4-2-3-5-13(12)22-15/h2-7,21H,1H3,(H,18,20)/b19-8+. The summed E-state index contributed by atoms with van der Waals surface area (Å²) in [5, 5.41) is 15.5. The molecule has 2 N–H and O–H groups in total. The fraction of sp³-hybridized carbons (Fsp3) is 0.0667. The van der Waals surface area contributed by atoms with E-state index in [0.717, 1.165) is 10.2 Å². The molecule has 0 aliphatic rings. The number of phenolic OH excluding ortho intramolecular Hbond substituents is 1. The van der Waals surface area contributed by atoms with Gasteiger partial charge in [-0.2, -0.15) is 5.10 Å². The highest BCUT2D eigenvalue weighted by Crippen LogP contribution is 2.32. The first-order valence-corrected chi connectivity index (χ1v) is 7.96. The number of hydrogen-bond acceptors (Lipinski definition) is 5. The first-order chi connectivity index (χ1) is 10.5. The molecule has 0 aliphatic heterocycles. The number of nitrogens with one attached hydrogen (secondary N) is 1. The molecule has 3 rings (SSSR count). The predicted molar refractivity (Wildman–Crippen MR) is 93.6 cm³/mol. The lowest BCUT2D eigenvalue weighted by atomic mass is 10.1. The van der Waals surface area contributed by atoms with Gasteiger partial charge in [0.15, 0.2) is 0 Å². The summed E-state index contributed by atoms with van der Waals surface area (Å²) in [6.45, 7) is 1.75. The molecular formula is C15H11Cl2N3OS. The lowest BCUT2D eigenvalue weighted by Crippen LogP contribution is -2.00. The molecule has 22 heavy (non-hydrogen) atoms. The van der Waals surface area contributed by atoms with Crippen LogP contribution in [0.1, 0.15) is 12.5 Å². The van der Waals surface area contributed by atoms with Crippen LogP contribution in [-0.2, 0) is 0 Å². The summed E-state index contributed by atoms with van der Waals surface area (Å²) in [6.07, 6.45) is 0. The molecule has 3 aromatic rings. The molecule has 4 nitrogen and oxygen atoms in total. The van der Waals surface area contributed by atoms with E-state index in [2.05, 4.69) is 15.5 Å². The van der Waals surface area contributed by atoms with Crippen molar-refractivity contribution in [1.29, 1.82) is 0 Å². The van der Waals surface area contributed by atoms with E-state index in [-0.39, 0.29) is 10.8 Å². The molecule has 0 aliphatic carbocycles. The van der Waals surface area contributed by atoms with E-state index < -0.39 is 0 Å². The molecule has 0 radical (unpaired) electrons. The van der Waals surface area contributed by atoms with Crippen molar-refractivity contribution in [3.63, 3.8) is 0 Å². The van der Waals surface area contributed by atoms with Gasteiger partial charge in [0.2, 0.25) is 5.13 Å². The number of aromatic hydroxyl groups is 1. The van der Waals surface area contributed by atoms with Crippen molar-refractivity contribution in [2.24, 2.45) is 5.10 Å². The Morgan fingerprint density at radius 2 is 2.05 bits per heavy atom. The number of halogens is 2. The summed E-state index contributed by atoms with van der Waals surface area (Å²) in [4.78, 5) is 4.42. The summed E-state index contributed by atoms with van der Waals surface area (Å²) in [5.74, 6) is -0.0431. The summed E-state index contributed by atoms with van der Waals surface area (Å²) in [7, 11) is 0. The van der Waals surface area contributed by atoms with Crippen LogP contribution in [-0.4, -0.2) is 15.8 Å². The van der Waals surface area contributed by atoms with E-state index in [4.69, 9.17) is 23.2 Å². The van der Waals surface area contributed by atoms with Crippen molar-refractivity contribution in [3.05, 3.63) is 52.0 Å². The Balaban J connectivity index is 1.89. The molecule has 7 heteroatoms. The maximum absolute atomic E-state index is 9.99. The first-order valence-electron chi connectivity index (χ1n) is 6.39. The number of fused-ring (bicyclic) bond motifs is 1. The van der Waals surface area contributed by atoms with Gasteiger partial charge in [-0.05, 0) is 31.2 Å². The molecule has 0 saturated carbocycles. The van der Waals surface area contributed by atoms with Crippen molar-refractivity contribution >= 4 is 55.6 Å². The van der Waals surface area contributed by atoms with Crippen LogP contribution in [0.2, 0.25) is 10.0 Å². The number of nitrogens with zero attached hydrogens (tertiary/aromatic N) is 2. The second kappa shape index (κ2) is 6.12. The molecule has 1 aromatic heterocycles. The lowest BCUT2D eigenvalue weighted by Gasteiger charge is -2.06. The number of hydrogen-bond donors (Lipinski definition) is 2. The summed E-state index contributed by atoms with van der Waals surface area (Å²) >= 11 is 13.4. The minimum Gasteiger partial charge on any atom is -0.506 e. The monoisotopic (exact) mass is 351 g/mol. The number of aromatic nitrogens is 1. The SMILES string of the molecule is C/C(=N\Nc1nc2ccccc2s1)c1cc(Cl)cc(Cl)c1O. The van der Waals surface area contributed by atoms with Crippen molar-refractivity contribution in [2.45, 2.75) is 6.92 Å². The Kier molecular flexibility index (Phi) is 4.20. The van der Waals surface area contributed by atoms with Gasteiger partial charge in [-0.3, -0.25) is 5.43 Å². The van der Waals surface area contributed by atoms with Crippen molar-refractivity contribution in [3.8, 4) is 5.75 Å². The van der Waals surface area contributed by atoms with E-state index in [1.54, 1.807) is 13.0 Å². The van der Waals surface area contributed by atoms with Crippen LogP contribution < -0.4 is 5.43 Å². The Labute approximate surface area is 141 Å². The Morgan fingerprint density at radius 3 is 2.82 bits per heavy atom. The third-order valence-corrected chi connectivity index (χ3v) is 4.48. The van der Waals surface area contributed by atoms with Gasteiger partial charge < -0.3 is 5.11 Å². The minimum atomic E-state index is -0.0431. The number of phenols is 1. The topological polar surface area (TPSA) is 57.5 Å². The van der Waals surface area contributed by atoms with Gasteiger partial charge in [-0.25, -0.2) is 4.98 Å². The number of rotatable bonds is 3. The average molecular weight is 352 g/mol. The quantitative estimate of drug-likeness (QED) is 0.507. The maximum Gasteiger partial charge on any atom is 0.204 e. The van der Waals surface area contributed by atoms with Crippen molar-refractivity contribution < 1.29 is 5.11 Å². The number of anilines is 1. The van der Waals surface area contributed by atoms with Crippen LogP contribution in [0, 0.1) is 0 Å². The van der Waals surface area contributed by atoms with Crippen LogP contribution in [0.25, 0.3) is 10.2 Å². The predicted octanol–water partition coefficient (Wildman–Crippen LogP) is 5.14. The number of thiazole rings is 1. The highest BCUT2D eigenvalue weighted by molar-refractivity contribution is 7.22. The van der Waals surface area contributed by atoms with Gasteiger partial charge >= 0.3 is 0 Å². The van der Waals surface area contributed by atoms with Crippen LogP contribution in [0.3, 0.4) is 0 Å². The second-order valence-electron chi connectivity index (χ2n) is 4.58. The van der Waals surface area contributed by atoms with Gasteiger partial charge in [0, 0.05) is 10.6 Å². The van der Waals surface area contributed by atoms with E-state index in [9.17, 15) is 5.11 Å². The van der Waals surface area contributed by atoms with E-state index in [1.807, 2.05) is 24.3 Å². The second-order valence-corrected chi connectivity index (χ2v) is 6.45. The van der Waals surface area contributed by atoms with E-state index >= 15 is 0 Å². The summed E-state index contributed by atoms with van der Waals surface area (Å²) < 4.78 is 1.08. The molecule has 0 bridgehead atoms. The molecule has 0 saturated heterocycles. The van der Waals surface area contributed by atoms with E-state index in [1.165, 1.54) is 17.4 Å². The van der Waals surface area contributed by atoms with Crippen LogP contribution in [0.15, 0.2) is 41.5 Å². The molecular weight excluding hydrogens is 341 g/mol. The van der Waals surface area contributed by atoms with Crippen LogP contribution in [0.5, 0.6) is 5.75 Å². The zero-order chi connectivity index (χ0) is 15.7. The Hall–Kier alpha value is -1.82. The highest BCUT2D eigenvalue weighted by Gasteiger charge is 2.11. The normalized spacial score (nSPS) is 11.9. The molecule has 0 unspecified atom stereocenters. The zero-order valence-electron chi connectivity index (χ0n) is 11.5. The van der Waals surface area contributed by atoms with Gasteiger partial charge in [-0.1, -0.05) is 46.7 Å². The molecule has 0 fully saturated rings. The maximum atomic E-state index is 9.99. The number of hydrazone groups is 1. The van der Waals surface area contributed by atoms with Gasteiger partial charge in [0.1, 0.15) is 5.75 Å². The third kappa shape index (κ3) is 3.02. The zero-order valence-corrected chi connectivity index (χ0v) is 13.8. The average Bonchev–Trinajstić information content (AvgIpc) is 2.91. The lowest BCUT2D eigenvalue weighted by molar-refractivity contribution is 0.474. The summed E-state index contributed by atoms with van der Waals surface area (Å²) in [6, 6.07) is 10.9. The largest absolute Gasteiger partial charge is 0.506 e. The first kappa shape index (κ1) is 15.1. The highest BCUT2D eigenvalue weighted by atomic mass is 35.5. The molecule has 0 amide bonds. The fourth-order valence-corrected chi connectivity index (χ4v) is 3.26. The van der Waals surface area contributed by atoms with E-state index in [0.29, 0.717) is 21.4 Å². The Bertz CT molecular complexity index is 843. The molecule has 112 valence electrons.